The lowest BCUT2D eigenvalue weighted by Crippen LogP contribution is -2.24. The van der Waals surface area contributed by atoms with Gasteiger partial charge in [0.2, 0.25) is 0 Å². The molecule has 0 bridgehead atoms. The van der Waals surface area contributed by atoms with E-state index in [0.29, 0.717) is 22.9 Å². The molecular weight excluding hydrogens is 345 g/mol. The Bertz CT molecular complexity index is 1010. The lowest BCUT2D eigenvalue weighted by Gasteiger charge is -2.10. The van der Waals surface area contributed by atoms with Gasteiger partial charge in [0.25, 0.3) is 5.91 Å². The van der Waals surface area contributed by atoms with Crippen molar-refractivity contribution >= 4 is 17.4 Å². The first-order valence-electron chi connectivity index (χ1n) is 8.19. The van der Waals surface area contributed by atoms with Gasteiger partial charge in [-0.25, -0.2) is 14.4 Å². The van der Waals surface area contributed by atoms with Gasteiger partial charge in [0, 0.05) is 12.6 Å². The molecule has 1 aromatic heterocycles. The van der Waals surface area contributed by atoms with Crippen LogP contribution in [0, 0.1) is 24.1 Å². The number of hydrogen-bond acceptors (Lipinski definition) is 5. The van der Waals surface area contributed by atoms with Crippen LogP contribution in [0.15, 0.2) is 54.6 Å². The summed E-state index contributed by atoms with van der Waals surface area (Å²) >= 11 is 0. The van der Waals surface area contributed by atoms with Gasteiger partial charge in [0.1, 0.15) is 29.2 Å². The van der Waals surface area contributed by atoms with Crippen molar-refractivity contribution in [1.29, 1.82) is 5.26 Å². The van der Waals surface area contributed by atoms with E-state index in [1.54, 1.807) is 43.3 Å². The van der Waals surface area contributed by atoms with Crippen LogP contribution in [0.5, 0.6) is 0 Å². The van der Waals surface area contributed by atoms with Crippen molar-refractivity contribution in [2.45, 2.75) is 13.5 Å². The van der Waals surface area contributed by atoms with Crippen LogP contribution in [0.1, 0.15) is 27.4 Å². The Labute approximate surface area is 155 Å². The lowest BCUT2D eigenvalue weighted by atomic mass is 10.2. The molecule has 134 valence electrons. The van der Waals surface area contributed by atoms with Crippen molar-refractivity contribution in [2.24, 2.45) is 0 Å². The summed E-state index contributed by atoms with van der Waals surface area (Å²) in [5.41, 5.74) is 2.03. The number of anilines is 2. The number of aryl methyl sites for hydroxylation is 1. The molecule has 0 saturated carbocycles. The minimum Gasteiger partial charge on any atom is -0.347 e. The van der Waals surface area contributed by atoms with Crippen molar-refractivity contribution in [2.75, 3.05) is 5.32 Å². The van der Waals surface area contributed by atoms with Crippen LogP contribution < -0.4 is 10.6 Å². The number of para-hydroxylation sites is 1. The van der Waals surface area contributed by atoms with E-state index in [2.05, 4.69) is 26.7 Å². The fourth-order valence-corrected chi connectivity index (χ4v) is 2.45. The zero-order chi connectivity index (χ0) is 19.2. The monoisotopic (exact) mass is 361 g/mol. The van der Waals surface area contributed by atoms with Crippen molar-refractivity contribution in [3.05, 3.63) is 83.1 Å². The van der Waals surface area contributed by atoms with Gasteiger partial charge in [-0.1, -0.05) is 24.3 Å². The quantitative estimate of drug-likeness (QED) is 0.726. The molecule has 27 heavy (non-hydrogen) atoms. The lowest BCUT2D eigenvalue weighted by molar-refractivity contribution is 0.0945. The topological polar surface area (TPSA) is 90.7 Å². The van der Waals surface area contributed by atoms with Gasteiger partial charge >= 0.3 is 0 Å². The highest BCUT2D eigenvalue weighted by atomic mass is 19.1. The third-order valence-electron chi connectivity index (χ3n) is 3.75. The number of aromatic nitrogens is 2. The fraction of sp³-hybridized carbons (Fsp3) is 0.100. The Morgan fingerprint density at radius 1 is 1.15 bits per heavy atom. The molecule has 0 atom stereocenters. The predicted molar refractivity (Wildman–Crippen MR) is 98.8 cm³/mol. The van der Waals surface area contributed by atoms with E-state index in [0.717, 1.165) is 5.56 Å². The summed E-state index contributed by atoms with van der Waals surface area (Å²) in [6.45, 7) is 1.93. The van der Waals surface area contributed by atoms with Crippen molar-refractivity contribution in [1.82, 2.24) is 15.3 Å². The first kappa shape index (κ1) is 18.0. The highest BCUT2D eigenvalue weighted by molar-refractivity contribution is 5.93. The number of amides is 1. The van der Waals surface area contributed by atoms with E-state index >= 15 is 0 Å². The van der Waals surface area contributed by atoms with Crippen LogP contribution in [-0.4, -0.2) is 15.9 Å². The van der Waals surface area contributed by atoms with Gasteiger partial charge in [-0.05, 0) is 36.8 Å². The average molecular weight is 361 g/mol. The predicted octanol–water partition coefficient (Wildman–Crippen LogP) is 3.47. The maximum atomic E-state index is 12.9. The van der Waals surface area contributed by atoms with Crippen LogP contribution >= 0.6 is 0 Å². The third kappa shape index (κ3) is 4.64. The molecule has 2 aromatic carbocycles. The van der Waals surface area contributed by atoms with E-state index < -0.39 is 0 Å². The maximum absolute atomic E-state index is 12.9. The Morgan fingerprint density at radius 3 is 2.63 bits per heavy atom. The molecule has 0 aliphatic heterocycles. The number of halogens is 1. The van der Waals surface area contributed by atoms with Gasteiger partial charge in [0.05, 0.1) is 11.3 Å². The van der Waals surface area contributed by atoms with Gasteiger partial charge in [0.15, 0.2) is 0 Å². The van der Waals surface area contributed by atoms with Crippen LogP contribution in [0.4, 0.5) is 15.9 Å². The molecule has 0 saturated heterocycles. The number of nitrogens with one attached hydrogen (secondary N) is 2. The van der Waals surface area contributed by atoms with E-state index in [4.69, 9.17) is 0 Å². The number of nitriles is 1. The zero-order valence-electron chi connectivity index (χ0n) is 14.5. The Kier molecular flexibility index (Phi) is 5.38. The molecule has 0 fully saturated rings. The van der Waals surface area contributed by atoms with Gasteiger partial charge in [-0.3, -0.25) is 4.79 Å². The Balaban J connectivity index is 1.75. The van der Waals surface area contributed by atoms with Crippen molar-refractivity contribution < 1.29 is 9.18 Å². The van der Waals surface area contributed by atoms with E-state index in [-0.39, 0.29) is 24.0 Å². The summed E-state index contributed by atoms with van der Waals surface area (Å²) in [4.78, 5) is 20.8. The summed E-state index contributed by atoms with van der Waals surface area (Å²) < 4.78 is 12.9. The standard InChI is InChI=1S/C20H16FN5O/c1-13-24-18(20(27)23-12-14-6-8-16(21)9-7-14)10-19(25-13)26-17-5-3-2-4-15(17)11-22/h2-10H,12H2,1H3,(H,23,27)(H,24,25,26). The third-order valence-corrected chi connectivity index (χ3v) is 3.75. The number of carbonyl (C=O) groups is 1. The van der Waals surface area contributed by atoms with Gasteiger partial charge < -0.3 is 10.6 Å². The van der Waals surface area contributed by atoms with Crippen molar-refractivity contribution in [3.63, 3.8) is 0 Å². The molecule has 0 aliphatic rings. The Morgan fingerprint density at radius 2 is 1.89 bits per heavy atom. The van der Waals surface area contributed by atoms with Gasteiger partial charge in [-0.2, -0.15) is 5.26 Å². The second-order valence-corrected chi connectivity index (χ2v) is 5.78. The Hall–Kier alpha value is -3.79. The van der Waals surface area contributed by atoms with E-state index in [9.17, 15) is 14.4 Å². The first-order valence-corrected chi connectivity index (χ1v) is 8.19. The second-order valence-electron chi connectivity index (χ2n) is 5.78. The summed E-state index contributed by atoms with van der Waals surface area (Å²) in [6.07, 6.45) is 0. The molecule has 3 aromatic rings. The van der Waals surface area contributed by atoms with Crippen LogP contribution in [-0.2, 0) is 6.54 Å². The summed E-state index contributed by atoms with van der Waals surface area (Å²) in [5, 5.41) is 15.0. The zero-order valence-corrected chi connectivity index (χ0v) is 14.5. The van der Waals surface area contributed by atoms with Gasteiger partial charge in [-0.15, -0.1) is 0 Å². The molecule has 0 spiro atoms. The number of rotatable bonds is 5. The minimum atomic E-state index is -0.374. The van der Waals surface area contributed by atoms with Crippen LogP contribution in [0.2, 0.25) is 0 Å². The molecule has 1 amide bonds. The molecule has 0 radical (unpaired) electrons. The van der Waals surface area contributed by atoms with Crippen molar-refractivity contribution in [3.8, 4) is 6.07 Å². The highest BCUT2D eigenvalue weighted by Crippen LogP contribution is 2.19. The van der Waals surface area contributed by atoms with E-state index in [1.807, 2.05) is 0 Å². The molecule has 0 aliphatic carbocycles. The number of benzene rings is 2. The van der Waals surface area contributed by atoms with Crippen LogP contribution in [0.25, 0.3) is 0 Å². The van der Waals surface area contributed by atoms with E-state index in [1.165, 1.54) is 18.2 Å². The normalized spacial score (nSPS) is 10.1. The highest BCUT2D eigenvalue weighted by Gasteiger charge is 2.11. The number of carbonyl (C=O) groups excluding carboxylic acids is 1. The molecule has 7 heteroatoms. The summed E-state index contributed by atoms with van der Waals surface area (Å²) in [7, 11) is 0. The molecular formula is C20H16FN5O. The minimum absolute atomic E-state index is 0.196. The molecule has 0 unspecified atom stereocenters. The van der Waals surface area contributed by atoms with Crippen LogP contribution in [0.3, 0.4) is 0 Å². The molecule has 6 nitrogen and oxygen atoms in total. The second kappa shape index (κ2) is 8.06. The fourth-order valence-electron chi connectivity index (χ4n) is 2.45. The first-order chi connectivity index (χ1) is 13.0. The smallest absolute Gasteiger partial charge is 0.270 e. The SMILES string of the molecule is Cc1nc(Nc2ccccc2C#N)cc(C(=O)NCc2ccc(F)cc2)n1. The average Bonchev–Trinajstić information content (AvgIpc) is 2.67. The summed E-state index contributed by atoms with van der Waals surface area (Å²) in [5.74, 6) is 0.129. The number of hydrogen-bond donors (Lipinski definition) is 2. The maximum Gasteiger partial charge on any atom is 0.270 e. The largest absolute Gasteiger partial charge is 0.347 e. The summed E-state index contributed by atoms with van der Waals surface area (Å²) in [6, 6.07) is 16.5. The number of nitrogens with zero attached hydrogens (tertiary/aromatic N) is 3. The molecule has 2 N–H and O–H groups in total. The molecule has 1 heterocycles. The molecule has 3 rings (SSSR count).